The van der Waals surface area contributed by atoms with Crippen LogP contribution in [0.15, 0.2) is 18.2 Å². The first kappa shape index (κ1) is 18.5. The third-order valence-corrected chi connectivity index (χ3v) is 4.04. The lowest BCUT2D eigenvalue weighted by atomic mass is 9.76. The molecule has 0 atom stereocenters. The number of amides is 2. The van der Waals surface area contributed by atoms with Gasteiger partial charge in [-0.2, -0.15) is 0 Å². The third kappa shape index (κ3) is 5.07. The van der Waals surface area contributed by atoms with Gasteiger partial charge >= 0.3 is 6.03 Å². The van der Waals surface area contributed by atoms with Gasteiger partial charge in [-0.1, -0.05) is 0 Å². The van der Waals surface area contributed by atoms with Gasteiger partial charge < -0.3 is 25.0 Å². The standard InChI is InChI=1S/C17H26FN3O3/c1-21(2)12-17(7-4-8-17)20-16(22)19-13-5-6-15(14(18)11-13)24-10-9-23-3/h5-6,11H,4,7-10,12H2,1-3H3,(H2,19,20,22). The van der Waals surface area contributed by atoms with Crippen molar-refractivity contribution in [2.75, 3.05) is 46.3 Å². The number of urea groups is 1. The van der Waals surface area contributed by atoms with Gasteiger partial charge in [-0.25, -0.2) is 9.18 Å². The summed E-state index contributed by atoms with van der Waals surface area (Å²) >= 11 is 0. The number of methoxy groups -OCH3 is 1. The van der Waals surface area contributed by atoms with Crippen LogP contribution in [-0.4, -0.2) is 57.4 Å². The van der Waals surface area contributed by atoms with Crippen molar-refractivity contribution in [3.8, 4) is 5.75 Å². The molecule has 0 aliphatic heterocycles. The molecular weight excluding hydrogens is 313 g/mol. The second kappa shape index (κ2) is 8.30. The topological polar surface area (TPSA) is 62.8 Å². The van der Waals surface area contributed by atoms with Crippen molar-refractivity contribution >= 4 is 11.7 Å². The minimum atomic E-state index is -0.518. The smallest absolute Gasteiger partial charge is 0.319 e. The largest absolute Gasteiger partial charge is 0.488 e. The van der Waals surface area contributed by atoms with Gasteiger partial charge in [-0.05, 0) is 45.5 Å². The van der Waals surface area contributed by atoms with Gasteiger partial charge in [0.2, 0.25) is 0 Å². The van der Waals surface area contributed by atoms with Crippen molar-refractivity contribution in [2.24, 2.45) is 0 Å². The maximum Gasteiger partial charge on any atom is 0.319 e. The molecule has 0 unspecified atom stereocenters. The van der Waals surface area contributed by atoms with E-state index in [2.05, 4.69) is 15.5 Å². The lowest BCUT2D eigenvalue weighted by Crippen LogP contribution is -2.59. The Labute approximate surface area is 142 Å². The molecule has 2 rings (SSSR count). The number of carbonyl (C=O) groups excluding carboxylic acids is 1. The Morgan fingerprint density at radius 2 is 2.08 bits per heavy atom. The first-order valence-electron chi connectivity index (χ1n) is 8.09. The summed E-state index contributed by atoms with van der Waals surface area (Å²) in [5.41, 5.74) is 0.207. The third-order valence-electron chi connectivity index (χ3n) is 4.04. The van der Waals surface area contributed by atoms with Gasteiger partial charge in [0.1, 0.15) is 6.61 Å². The fourth-order valence-corrected chi connectivity index (χ4v) is 2.87. The summed E-state index contributed by atoms with van der Waals surface area (Å²) in [6, 6.07) is 4.05. The number of benzene rings is 1. The van der Waals surface area contributed by atoms with Crippen LogP contribution in [0.5, 0.6) is 5.75 Å². The molecule has 134 valence electrons. The summed E-state index contributed by atoms with van der Waals surface area (Å²) in [5, 5.41) is 5.71. The highest BCUT2D eigenvalue weighted by Crippen LogP contribution is 2.32. The Morgan fingerprint density at radius 1 is 1.33 bits per heavy atom. The zero-order valence-electron chi connectivity index (χ0n) is 14.5. The molecule has 0 saturated heterocycles. The van der Waals surface area contributed by atoms with Crippen molar-refractivity contribution in [1.82, 2.24) is 10.2 Å². The number of hydrogen-bond donors (Lipinski definition) is 2. The molecular formula is C17H26FN3O3. The van der Waals surface area contributed by atoms with E-state index in [0.29, 0.717) is 12.3 Å². The lowest BCUT2D eigenvalue weighted by Gasteiger charge is -2.44. The average Bonchev–Trinajstić information content (AvgIpc) is 2.47. The van der Waals surface area contributed by atoms with E-state index in [9.17, 15) is 9.18 Å². The SMILES string of the molecule is COCCOc1ccc(NC(=O)NC2(CN(C)C)CCC2)cc1F. The predicted octanol–water partition coefficient (Wildman–Crippen LogP) is 2.46. The molecule has 2 amide bonds. The van der Waals surface area contributed by atoms with Crippen molar-refractivity contribution in [2.45, 2.75) is 24.8 Å². The van der Waals surface area contributed by atoms with Crippen LogP contribution >= 0.6 is 0 Å². The number of halogens is 1. The summed E-state index contributed by atoms with van der Waals surface area (Å²) in [7, 11) is 5.52. The van der Waals surface area contributed by atoms with Gasteiger partial charge in [0.15, 0.2) is 11.6 Å². The highest BCUT2D eigenvalue weighted by atomic mass is 19.1. The molecule has 2 N–H and O–H groups in total. The summed E-state index contributed by atoms with van der Waals surface area (Å²) in [6.45, 7) is 1.45. The number of nitrogens with one attached hydrogen (secondary N) is 2. The van der Waals surface area contributed by atoms with Crippen molar-refractivity contribution in [3.63, 3.8) is 0 Å². The molecule has 1 aromatic carbocycles. The quantitative estimate of drug-likeness (QED) is 0.714. The van der Waals surface area contributed by atoms with E-state index in [1.807, 2.05) is 14.1 Å². The van der Waals surface area contributed by atoms with E-state index in [0.717, 1.165) is 25.8 Å². The molecule has 1 aromatic rings. The number of anilines is 1. The van der Waals surface area contributed by atoms with E-state index in [-0.39, 0.29) is 23.9 Å². The van der Waals surface area contributed by atoms with Crippen LogP contribution in [0.3, 0.4) is 0 Å². The van der Waals surface area contributed by atoms with Gasteiger partial charge in [0, 0.05) is 25.4 Å². The van der Waals surface area contributed by atoms with E-state index in [1.165, 1.54) is 12.1 Å². The second-order valence-electron chi connectivity index (χ2n) is 6.44. The number of carbonyl (C=O) groups is 1. The highest BCUT2D eigenvalue weighted by Gasteiger charge is 2.38. The molecule has 7 heteroatoms. The first-order chi connectivity index (χ1) is 11.4. The fourth-order valence-electron chi connectivity index (χ4n) is 2.87. The number of rotatable bonds is 8. The minimum Gasteiger partial charge on any atom is -0.488 e. The molecule has 0 heterocycles. The van der Waals surface area contributed by atoms with Crippen LogP contribution in [0.4, 0.5) is 14.9 Å². The second-order valence-corrected chi connectivity index (χ2v) is 6.44. The molecule has 6 nitrogen and oxygen atoms in total. The summed E-state index contributed by atoms with van der Waals surface area (Å²) < 4.78 is 24.1. The first-order valence-corrected chi connectivity index (χ1v) is 8.09. The van der Waals surface area contributed by atoms with Gasteiger partial charge in [0.25, 0.3) is 0 Å². The Bertz CT molecular complexity index is 562. The summed E-state index contributed by atoms with van der Waals surface area (Å²) in [6.07, 6.45) is 3.02. The van der Waals surface area contributed by atoms with Gasteiger partial charge in [-0.3, -0.25) is 0 Å². The maximum absolute atomic E-state index is 14.0. The Morgan fingerprint density at radius 3 is 2.62 bits per heavy atom. The van der Waals surface area contributed by atoms with Crippen LogP contribution in [0.25, 0.3) is 0 Å². The molecule has 1 aliphatic carbocycles. The van der Waals surface area contributed by atoms with E-state index in [4.69, 9.17) is 9.47 Å². The van der Waals surface area contributed by atoms with E-state index < -0.39 is 5.82 Å². The number of ether oxygens (including phenoxy) is 2. The fraction of sp³-hybridized carbons (Fsp3) is 0.588. The van der Waals surface area contributed by atoms with Crippen LogP contribution < -0.4 is 15.4 Å². The summed E-state index contributed by atoms with van der Waals surface area (Å²) in [4.78, 5) is 14.3. The zero-order valence-corrected chi connectivity index (χ0v) is 14.5. The van der Waals surface area contributed by atoms with Crippen LogP contribution in [0.1, 0.15) is 19.3 Å². The summed E-state index contributed by atoms with van der Waals surface area (Å²) in [5.74, 6) is -0.378. The Kier molecular flexibility index (Phi) is 6.39. The monoisotopic (exact) mass is 339 g/mol. The average molecular weight is 339 g/mol. The van der Waals surface area contributed by atoms with Crippen LogP contribution in [0, 0.1) is 5.82 Å². The lowest BCUT2D eigenvalue weighted by molar-refractivity contribution is 0.143. The molecule has 0 radical (unpaired) electrons. The number of likely N-dealkylation sites (N-methyl/N-ethyl adjacent to an activating group) is 1. The Balaban J connectivity index is 1.90. The van der Waals surface area contributed by atoms with Crippen molar-refractivity contribution < 1.29 is 18.7 Å². The van der Waals surface area contributed by atoms with Gasteiger partial charge in [0.05, 0.1) is 12.1 Å². The van der Waals surface area contributed by atoms with E-state index >= 15 is 0 Å². The van der Waals surface area contributed by atoms with Gasteiger partial charge in [-0.15, -0.1) is 0 Å². The number of hydrogen-bond acceptors (Lipinski definition) is 4. The molecule has 1 fully saturated rings. The van der Waals surface area contributed by atoms with E-state index in [1.54, 1.807) is 13.2 Å². The molecule has 1 aliphatic rings. The zero-order chi connectivity index (χ0) is 17.6. The maximum atomic E-state index is 14.0. The highest BCUT2D eigenvalue weighted by molar-refractivity contribution is 5.90. The van der Waals surface area contributed by atoms with Crippen molar-refractivity contribution in [3.05, 3.63) is 24.0 Å². The normalized spacial score (nSPS) is 15.7. The van der Waals surface area contributed by atoms with Crippen molar-refractivity contribution in [1.29, 1.82) is 0 Å². The minimum absolute atomic E-state index is 0.140. The predicted molar refractivity (Wildman–Crippen MR) is 91.1 cm³/mol. The molecule has 0 aromatic heterocycles. The molecule has 1 saturated carbocycles. The molecule has 0 spiro atoms. The Hall–Kier alpha value is -1.86. The molecule has 24 heavy (non-hydrogen) atoms. The van der Waals surface area contributed by atoms with Crippen LogP contribution in [-0.2, 0) is 4.74 Å². The number of nitrogens with zero attached hydrogens (tertiary/aromatic N) is 1. The molecule has 0 bridgehead atoms. The van der Waals surface area contributed by atoms with Crippen LogP contribution in [0.2, 0.25) is 0 Å².